The SMILES string of the molecule is CCN(c1cc(C)ncn1)C1CCCC1CN. The molecular formula is C13H22N4. The standard InChI is InChI=1S/C13H22N4/c1-3-17(12-6-4-5-11(12)8-14)13-7-10(2)15-9-16-13/h7,9,11-12H,3-6,8,14H2,1-2H3. The molecule has 1 fully saturated rings. The average Bonchev–Trinajstić information content (AvgIpc) is 2.78. The van der Waals surface area contributed by atoms with Gasteiger partial charge in [-0.05, 0) is 39.2 Å². The zero-order valence-electron chi connectivity index (χ0n) is 10.8. The number of aryl methyl sites for hydroxylation is 1. The zero-order chi connectivity index (χ0) is 12.3. The van der Waals surface area contributed by atoms with E-state index in [2.05, 4.69) is 27.9 Å². The van der Waals surface area contributed by atoms with Crippen molar-refractivity contribution in [2.24, 2.45) is 11.7 Å². The fourth-order valence-corrected chi connectivity index (χ4v) is 2.87. The lowest BCUT2D eigenvalue weighted by Gasteiger charge is -2.32. The maximum absolute atomic E-state index is 5.87. The number of nitrogens with two attached hydrogens (primary N) is 1. The minimum Gasteiger partial charge on any atom is -0.353 e. The molecule has 1 aromatic rings. The molecule has 0 aromatic carbocycles. The van der Waals surface area contributed by atoms with Gasteiger partial charge in [-0.2, -0.15) is 0 Å². The Kier molecular flexibility index (Phi) is 3.94. The van der Waals surface area contributed by atoms with Crippen molar-refractivity contribution in [3.05, 3.63) is 18.1 Å². The van der Waals surface area contributed by atoms with Crippen LogP contribution >= 0.6 is 0 Å². The highest BCUT2D eigenvalue weighted by atomic mass is 15.2. The van der Waals surface area contributed by atoms with E-state index < -0.39 is 0 Å². The molecular weight excluding hydrogens is 212 g/mol. The monoisotopic (exact) mass is 234 g/mol. The quantitative estimate of drug-likeness (QED) is 0.862. The molecule has 4 nitrogen and oxygen atoms in total. The molecule has 2 unspecified atom stereocenters. The zero-order valence-corrected chi connectivity index (χ0v) is 10.8. The van der Waals surface area contributed by atoms with Gasteiger partial charge < -0.3 is 10.6 Å². The topological polar surface area (TPSA) is 55.0 Å². The van der Waals surface area contributed by atoms with E-state index in [9.17, 15) is 0 Å². The van der Waals surface area contributed by atoms with E-state index in [-0.39, 0.29) is 0 Å². The first-order chi connectivity index (χ1) is 8.26. The largest absolute Gasteiger partial charge is 0.353 e. The molecule has 0 saturated heterocycles. The van der Waals surface area contributed by atoms with Crippen LogP contribution in [-0.2, 0) is 0 Å². The van der Waals surface area contributed by atoms with Gasteiger partial charge in [-0.25, -0.2) is 9.97 Å². The van der Waals surface area contributed by atoms with Crippen LogP contribution in [0.5, 0.6) is 0 Å². The summed E-state index contributed by atoms with van der Waals surface area (Å²) in [5.41, 5.74) is 6.89. The van der Waals surface area contributed by atoms with Gasteiger partial charge in [0.05, 0.1) is 0 Å². The van der Waals surface area contributed by atoms with Crippen LogP contribution in [0.3, 0.4) is 0 Å². The van der Waals surface area contributed by atoms with Crippen molar-refractivity contribution < 1.29 is 0 Å². The van der Waals surface area contributed by atoms with Crippen LogP contribution in [0, 0.1) is 12.8 Å². The second kappa shape index (κ2) is 5.45. The first-order valence-electron chi connectivity index (χ1n) is 6.51. The van der Waals surface area contributed by atoms with Gasteiger partial charge in [-0.15, -0.1) is 0 Å². The summed E-state index contributed by atoms with van der Waals surface area (Å²) in [6, 6.07) is 2.62. The van der Waals surface area contributed by atoms with Gasteiger partial charge in [-0.3, -0.25) is 0 Å². The number of rotatable bonds is 4. The molecule has 17 heavy (non-hydrogen) atoms. The fourth-order valence-electron chi connectivity index (χ4n) is 2.87. The van der Waals surface area contributed by atoms with E-state index >= 15 is 0 Å². The smallest absolute Gasteiger partial charge is 0.132 e. The Balaban J connectivity index is 2.21. The number of anilines is 1. The van der Waals surface area contributed by atoms with Gasteiger partial charge in [0, 0.05) is 24.3 Å². The molecule has 1 aromatic heterocycles. The molecule has 4 heteroatoms. The fraction of sp³-hybridized carbons (Fsp3) is 0.692. The molecule has 1 heterocycles. The number of hydrogen-bond donors (Lipinski definition) is 1. The third kappa shape index (κ3) is 2.57. The van der Waals surface area contributed by atoms with Crippen LogP contribution in [0.15, 0.2) is 12.4 Å². The highest BCUT2D eigenvalue weighted by Gasteiger charge is 2.31. The van der Waals surface area contributed by atoms with E-state index in [4.69, 9.17) is 5.73 Å². The lowest BCUT2D eigenvalue weighted by molar-refractivity contribution is 0.459. The van der Waals surface area contributed by atoms with E-state index in [1.54, 1.807) is 6.33 Å². The molecule has 0 spiro atoms. The Hall–Kier alpha value is -1.16. The summed E-state index contributed by atoms with van der Waals surface area (Å²) < 4.78 is 0. The Morgan fingerprint density at radius 1 is 1.41 bits per heavy atom. The second-order valence-corrected chi connectivity index (χ2v) is 4.80. The van der Waals surface area contributed by atoms with Gasteiger partial charge >= 0.3 is 0 Å². The van der Waals surface area contributed by atoms with Gasteiger partial charge in [-0.1, -0.05) is 6.42 Å². The summed E-state index contributed by atoms with van der Waals surface area (Å²) in [6.45, 7) is 5.96. The van der Waals surface area contributed by atoms with E-state index in [0.29, 0.717) is 12.0 Å². The van der Waals surface area contributed by atoms with Crippen molar-refractivity contribution >= 4 is 5.82 Å². The van der Waals surface area contributed by atoms with Gasteiger partial charge in [0.1, 0.15) is 12.1 Å². The summed E-state index contributed by atoms with van der Waals surface area (Å²) in [5.74, 6) is 1.66. The van der Waals surface area contributed by atoms with E-state index in [1.165, 1.54) is 19.3 Å². The van der Waals surface area contributed by atoms with Crippen molar-refractivity contribution in [3.63, 3.8) is 0 Å². The number of aromatic nitrogens is 2. The third-order valence-corrected chi connectivity index (χ3v) is 3.75. The van der Waals surface area contributed by atoms with Crippen molar-refractivity contribution in [2.75, 3.05) is 18.0 Å². The first kappa shape index (κ1) is 12.3. The molecule has 1 aliphatic rings. The van der Waals surface area contributed by atoms with Crippen molar-refractivity contribution in [1.29, 1.82) is 0 Å². The van der Waals surface area contributed by atoms with Gasteiger partial charge in [0.25, 0.3) is 0 Å². The van der Waals surface area contributed by atoms with Crippen molar-refractivity contribution in [1.82, 2.24) is 9.97 Å². The maximum atomic E-state index is 5.87. The second-order valence-electron chi connectivity index (χ2n) is 4.80. The summed E-state index contributed by atoms with van der Waals surface area (Å²) in [7, 11) is 0. The normalized spacial score (nSPS) is 23.9. The highest BCUT2D eigenvalue weighted by molar-refractivity contribution is 5.40. The van der Waals surface area contributed by atoms with Gasteiger partial charge in [0.2, 0.25) is 0 Å². The molecule has 2 atom stereocenters. The molecule has 2 rings (SSSR count). The molecule has 94 valence electrons. The molecule has 1 aliphatic carbocycles. The highest BCUT2D eigenvalue weighted by Crippen LogP contribution is 2.31. The predicted octanol–water partition coefficient (Wildman–Crippen LogP) is 1.74. The van der Waals surface area contributed by atoms with Crippen molar-refractivity contribution in [2.45, 2.75) is 39.2 Å². The summed E-state index contributed by atoms with van der Waals surface area (Å²) in [5, 5.41) is 0. The van der Waals surface area contributed by atoms with Crippen LogP contribution in [0.2, 0.25) is 0 Å². The number of hydrogen-bond acceptors (Lipinski definition) is 4. The summed E-state index contributed by atoms with van der Waals surface area (Å²) >= 11 is 0. The van der Waals surface area contributed by atoms with Crippen LogP contribution in [-0.4, -0.2) is 29.1 Å². The molecule has 1 saturated carbocycles. The summed E-state index contributed by atoms with van der Waals surface area (Å²) in [6.07, 6.45) is 5.42. The number of nitrogens with zero attached hydrogens (tertiary/aromatic N) is 3. The van der Waals surface area contributed by atoms with Crippen molar-refractivity contribution in [3.8, 4) is 0 Å². The molecule has 0 radical (unpaired) electrons. The first-order valence-corrected chi connectivity index (χ1v) is 6.51. The lowest BCUT2D eigenvalue weighted by Crippen LogP contribution is -2.40. The Bertz CT molecular complexity index is 366. The van der Waals surface area contributed by atoms with Gasteiger partial charge in [0.15, 0.2) is 0 Å². The van der Waals surface area contributed by atoms with E-state index in [0.717, 1.165) is 24.6 Å². The summed E-state index contributed by atoms with van der Waals surface area (Å²) in [4.78, 5) is 10.9. The predicted molar refractivity (Wildman–Crippen MR) is 70.0 cm³/mol. The Labute approximate surface area is 103 Å². The minimum absolute atomic E-state index is 0.555. The Morgan fingerprint density at radius 2 is 2.24 bits per heavy atom. The molecule has 0 amide bonds. The van der Waals surface area contributed by atoms with Crippen LogP contribution in [0.25, 0.3) is 0 Å². The Morgan fingerprint density at radius 3 is 2.88 bits per heavy atom. The van der Waals surface area contributed by atoms with Crippen LogP contribution < -0.4 is 10.6 Å². The molecule has 0 aliphatic heterocycles. The van der Waals surface area contributed by atoms with Crippen LogP contribution in [0.1, 0.15) is 31.9 Å². The van der Waals surface area contributed by atoms with E-state index in [1.807, 2.05) is 6.92 Å². The molecule has 0 bridgehead atoms. The minimum atomic E-state index is 0.555. The lowest BCUT2D eigenvalue weighted by atomic mass is 10.0. The van der Waals surface area contributed by atoms with Crippen LogP contribution in [0.4, 0.5) is 5.82 Å². The maximum Gasteiger partial charge on any atom is 0.132 e. The molecule has 2 N–H and O–H groups in total. The average molecular weight is 234 g/mol. The third-order valence-electron chi connectivity index (χ3n) is 3.75.